The molecule has 0 aliphatic heterocycles. The molecule has 1 aromatic carbocycles. The van der Waals surface area contributed by atoms with E-state index in [2.05, 4.69) is 10.1 Å². The molecule has 6 nitrogen and oxygen atoms in total. The minimum Gasteiger partial charge on any atom is -0.452 e. The number of nitrogen functional groups attached to an aromatic ring is 1. The van der Waals surface area contributed by atoms with Gasteiger partial charge in [0.05, 0.1) is 5.69 Å². The summed E-state index contributed by atoms with van der Waals surface area (Å²) in [6.07, 6.45) is -0.107. The summed E-state index contributed by atoms with van der Waals surface area (Å²) in [5.41, 5.74) is 5.88. The Bertz CT molecular complexity index is 627. The molecule has 0 fully saturated rings. The number of hydrogen-bond donors (Lipinski definition) is 1. The molecular weight excluding hydrogens is 265 g/mol. The quantitative estimate of drug-likeness (QED) is 0.682. The van der Waals surface area contributed by atoms with Crippen LogP contribution in [-0.4, -0.2) is 16.1 Å². The van der Waals surface area contributed by atoms with E-state index in [0.29, 0.717) is 12.0 Å². The van der Waals surface area contributed by atoms with Crippen molar-refractivity contribution >= 4 is 11.7 Å². The van der Waals surface area contributed by atoms with Gasteiger partial charge in [0.25, 0.3) is 5.89 Å². The van der Waals surface area contributed by atoms with Crippen molar-refractivity contribution < 1.29 is 18.4 Å². The number of hydrogen-bond acceptors (Lipinski definition) is 6. The minimum atomic E-state index is -0.604. The van der Waals surface area contributed by atoms with Crippen LogP contribution >= 0.6 is 0 Å². The van der Waals surface area contributed by atoms with Gasteiger partial charge in [-0.15, -0.1) is 0 Å². The number of benzene rings is 1. The zero-order chi connectivity index (χ0) is 14.7. The highest BCUT2D eigenvalue weighted by Gasteiger charge is 2.20. The molecule has 2 rings (SSSR count). The number of carbonyl (C=O) groups excluding carboxylic acids is 1. The van der Waals surface area contributed by atoms with Crippen molar-refractivity contribution in [3.8, 4) is 11.4 Å². The third-order valence-electron chi connectivity index (χ3n) is 2.65. The van der Waals surface area contributed by atoms with Gasteiger partial charge in [-0.05, 0) is 24.6 Å². The molecule has 0 aliphatic carbocycles. The highest BCUT2D eigenvalue weighted by molar-refractivity contribution is 5.66. The van der Waals surface area contributed by atoms with Crippen molar-refractivity contribution in [3.63, 3.8) is 0 Å². The first kappa shape index (κ1) is 14.0. The number of anilines is 1. The van der Waals surface area contributed by atoms with Crippen LogP contribution in [0.1, 0.15) is 32.3 Å². The predicted octanol–water partition coefficient (Wildman–Crippen LogP) is 2.47. The molecule has 0 amide bonds. The highest BCUT2D eigenvalue weighted by Crippen LogP contribution is 2.24. The molecule has 2 aromatic rings. The second-order valence-electron chi connectivity index (χ2n) is 4.20. The maximum atomic E-state index is 13.4. The second-order valence-corrected chi connectivity index (χ2v) is 4.20. The van der Waals surface area contributed by atoms with Gasteiger partial charge in [0, 0.05) is 12.5 Å². The molecule has 0 saturated heterocycles. The summed E-state index contributed by atoms with van der Waals surface area (Å²) in [5.74, 6) is -0.601. The number of esters is 1. The van der Waals surface area contributed by atoms with E-state index in [9.17, 15) is 9.18 Å². The average Bonchev–Trinajstić information content (AvgIpc) is 2.88. The smallest absolute Gasteiger partial charge is 0.303 e. The predicted molar refractivity (Wildman–Crippen MR) is 68.9 cm³/mol. The van der Waals surface area contributed by atoms with E-state index in [-0.39, 0.29) is 17.4 Å². The van der Waals surface area contributed by atoms with Gasteiger partial charge < -0.3 is 15.0 Å². The summed E-state index contributed by atoms with van der Waals surface area (Å²) in [4.78, 5) is 15.1. The molecule has 0 radical (unpaired) electrons. The lowest BCUT2D eigenvalue weighted by atomic mass is 10.2. The maximum Gasteiger partial charge on any atom is 0.303 e. The van der Waals surface area contributed by atoms with Crippen LogP contribution in [0.5, 0.6) is 0 Å². The fraction of sp³-hybridized carbons (Fsp3) is 0.308. The number of carbonyl (C=O) groups is 1. The summed E-state index contributed by atoms with van der Waals surface area (Å²) in [5, 5.41) is 3.75. The van der Waals surface area contributed by atoms with Gasteiger partial charge in [-0.2, -0.15) is 4.98 Å². The van der Waals surface area contributed by atoms with Gasteiger partial charge in [-0.1, -0.05) is 12.1 Å². The Morgan fingerprint density at radius 1 is 1.55 bits per heavy atom. The van der Waals surface area contributed by atoms with Crippen molar-refractivity contribution in [1.82, 2.24) is 10.1 Å². The Kier molecular flexibility index (Phi) is 3.97. The summed E-state index contributed by atoms with van der Waals surface area (Å²) in [7, 11) is 0. The number of nitrogens with zero attached hydrogens (tertiary/aromatic N) is 2. The number of nitrogens with two attached hydrogens (primary N) is 1. The van der Waals surface area contributed by atoms with E-state index in [1.807, 2.05) is 6.92 Å². The van der Waals surface area contributed by atoms with Crippen molar-refractivity contribution in [2.24, 2.45) is 0 Å². The number of aromatic nitrogens is 2. The molecule has 2 N–H and O–H groups in total. The third-order valence-corrected chi connectivity index (χ3v) is 2.65. The largest absolute Gasteiger partial charge is 0.452 e. The molecule has 0 unspecified atom stereocenters. The van der Waals surface area contributed by atoms with Crippen LogP contribution in [0.2, 0.25) is 0 Å². The minimum absolute atomic E-state index is 0.0452. The van der Waals surface area contributed by atoms with Gasteiger partial charge in [-0.3, -0.25) is 4.79 Å². The van der Waals surface area contributed by atoms with Crippen LogP contribution < -0.4 is 5.73 Å². The standard InChI is InChI=1S/C13H14FN3O3/c1-3-11(19-7(2)18)13-16-12(17-20-13)8-4-5-10(15)9(14)6-8/h4-6,11H,3,15H2,1-2H3/t11-/m0/s1. The van der Waals surface area contributed by atoms with Crippen molar-refractivity contribution in [1.29, 1.82) is 0 Å². The first-order valence-corrected chi connectivity index (χ1v) is 6.07. The van der Waals surface area contributed by atoms with Gasteiger partial charge in [0.15, 0.2) is 6.10 Å². The summed E-state index contributed by atoms with van der Waals surface area (Å²) >= 11 is 0. The van der Waals surface area contributed by atoms with Crippen LogP contribution in [0.15, 0.2) is 22.7 Å². The molecule has 1 heterocycles. The Hall–Kier alpha value is -2.44. The zero-order valence-electron chi connectivity index (χ0n) is 11.1. The average molecular weight is 279 g/mol. The SMILES string of the molecule is CC[C@H](OC(C)=O)c1nc(-c2ccc(N)c(F)c2)no1. The molecule has 106 valence electrons. The topological polar surface area (TPSA) is 91.2 Å². The van der Waals surface area contributed by atoms with E-state index in [4.69, 9.17) is 15.0 Å². The molecule has 7 heteroatoms. The molecule has 1 atom stereocenters. The molecule has 1 aromatic heterocycles. The van der Waals surface area contributed by atoms with Crippen LogP contribution in [0, 0.1) is 5.82 Å². The highest BCUT2D eigenvalue weighted by atomic mass is 19.1. The van der Waals surface area contributed by atoms with Gasteiger partial charge >= 0.3 is 5.97 Å². The lowest BCUT2D eigenvalue weighted by Crippen LogP contribution is -2.07. The number of rotatable bonds is 4. The van der Waals surface area contributed by atoms with Crippen molar-refractivity contribution in [2.45, 2.75) is 26.4 Å². The normalized spacial score (nSPS) is 12.2. The van der Waals surface area contributed by atoms with Gasteiger partial charge in [-0.25, -0.2) is 4.39 Å². The first-order chi connectivity index (χ1) is 9.51. The lowest BCUT2D eigenvalue weighted by Gasteiger charge is -2.09. The van der Waals surface area contributed by atoms with E-state index < -0.39 is 17.9 Å². The van der Waals surface area contributed by atoms with E-state index in [0.717, 1.165) is 0 Å². The molecule has 0 bridgehead atoms. The molecule has 20 heavy (non-hydrogen) atoms. The fourth-order valence-corrected chi connectivity index (χ4v) is 1.66. The zero-order valence-corrected chi connectivity index (χ0v) is 11.1. The van der Waals surface area contributed by atoms with Crippen LogP contribution in [0.25, 0.3) is 11.4 Å². The number of halogens is 1. The van der Waals surface area contributed by atoms with E-state index >= 15 is 0 Å². The van der Waals surface area contributed by atoms with Gasteiger partial charge in [0.1, 0.15) is 5.82 Å². The van der Waals surface area contributed by atoms with Crippen LogP contribution in [-0.2, 0) is 9.53 Å². The third kappa shape index (κ3) is 2.93. The Labute approximate surface area is 114 Å². The Morgan fingerprint density at radius 3 is 2.90 bits per heavy atom. The Balaban J connectivity index is 2.27. The summed E-state index contributed by atoms with van der Waals surface area (Å²) < 4.78 is 23.5. The van der Waals surface area contributed by atoms with Crippen LogP contribution in [0.3, 0.4) is 0 Å². The molecule has 0 spiro atoms. The monoisotopic (exact) mass is 279 g/mol. The van der Waals surface area contributed by atoms with Crippen molar-refractivity contribution in [2.75, 3.05) is 5.73 Å². The maximum absolute atomic E-state index is 13.4. The van der Waals surface area contributed by atoms with E-state index in [1.165, 1.54) is 19.1 Å². The number of ether oxygens (including phenoxy) is 1. The second kappa shape index (κ2) is 5.68. The molecular formula is C13H14FN3O3. The molecule has 0 saturated carbocycles. The van der Waals surface area contributed by atoms with Crippen molar-refractivity contribution in [3.05, 3.63) is 29.9 Å². The summed E-state index contributed by atoms with van der Waals surface area (Å²) in [6.45, 7) is 3.12. The van der Waals surface area contributed by atoms with Gasteiger partial charge in [0.2, 0.25) is 5.82 Å². The lowest BCUT2D eigenvalue weighted by molar-refractivity contribution is -0.148. The fourth-order valence-electron chi connectivity index (χ4n) is 1.66. The summed E-state index contributed by atoms with van der Waals surface area (Å²) in [6, 6.07) is 4.22. The van der Waals surface area contributed by atoms with E-state index in [1.54, 1.807) is 6.07 Å². The Morgan fingerprint density at radius 2 is 2.30 bits per heavy atom. The molecule has 0 aliphatic rings. The first-order valence-electron chi connectivity index (χ1n) is 6.07. The van der Waals surface area contributed by atoms with Crippen LogP contribution in [0.4, 0.5) is 10.1 Å².